The van der Waals surface area contributed by atoms with Crippen LogP contribution in [0.3, 0.4) is 0 Å². The van der Waals surface area contributed by atoms with Gasteiger partial charge in [0.15, 0.2) is 0 Å². The molecular formula is C15H16Cl2N4O. The number of benzene rings is 1. The summed E-state index contributed by atoms with van der Waals surface area (Å²) in [5, 5.41) is 6.66. The second-order valence-electron chi connectivity index (χ2n) is 5.74. The number of amides is 1. The van der Waals surface area contributed by atoms with Crippen LogP contribution < -0.4 is 10.6 Å². The van der Waals surface area contributed by atoms with E-state index < -0.39 is 0 Å². The van der Waals surface area contributed by atoms with Gasteiger partial charge in [0.2, 0.25) is 0 Å². The summed E-state index contributed by atoms with van der Waals surface area (Å²) in [6, 6.07) is 4.85. The van der Waals surface area contributed by atoms with E-state index in [-0.39, 0.29) is 17.1 Å². The highest BCUT2D eigenvalue weighted by Crippen LogP contribution is 2.25. The average molecular weight is 339 g/mol. The van der Waals surface area contributed by atoms with Gasteiger partial charge in [-0.3, -0.25) is 4.79 Å². The Morgan fingerprint density at radius 1 is 1.09 bits per heavy atom. The molecule has 116 valence electrons. The number of hydrogen-bond acceptors (Lipinski definition) is 4. The number of nitrogens with zero attached hydrogens (tertiary/aromatic N) is 2. The molecule has 2 N–H and O–H groups in total. The maximum atomic E-state index is 12.1. The van der Waals surface area contributed by atoms with Crippen LogP contribution in [-0.4, -0.2) is 21.4 Å². The van der Waals surface area contributed by atoms with Crippen molar-refractivity contribution in [3.63, 3.8) is 0 Å². The van der Waals surface area contributed by atoms with Crippen molar-refractivity contribution in [1.82, 2.24) is 9.97 Å². The molecule has 5 nitrogen and oxygen atoms in total. The minimum atomic E-state index is -0.367. The Labute approximate surface area is 139 Å². The molecule has 0 saturated heterocycles. The number of nitrogens with one attached hydrogen (secondary N) is 2. The fourth-order valence-electron chi connectivity index (χ4n) is 1.66. The number of rotatable bonds is 3. The molecule has 0 aliphatic rings. The van der Waals surface area contributed by atoms with Crippen molar-refractivity contribution >= 4 is 40.6 Å². The highest BCUT2D eigenvalue weighted by molar-refractivity contribution is 6.42. The van der Waals surface area contributed by atoms with Gasteiger partial charge >= 0.3 is 0 Å². The van der Waals surface area contributed by atoms with Crippen molar-refractivity contribution in [2.75, 3.05) is 10.6 Å². The third-order valence-corrected chi connectivity index (χ3v) is 3.30. The normalized spacial score (nSPS) is 11.1. The first-order valence-corrected chi connectivity index (χ1v) is 7.37. The van der Waals surface area contributed by atoms with Crippen LogP contribution in [-0.2, 0) is 0 Å². The third kappa shape index (κ3) is 4.58. The summed E-state index contributed by atoms with van der Waals surface area (Å²) in [6.45, 7) is 6.04. The summed E-state index contributed by atoms with van der Waals surface area (Å²) in [6.07, 6.45) is 2.94. The third-order valence-electron chi connectivity index (χ3n) is 2.57. The zero-order chi connectivity index (χ0) is 16.3. The van der Waals surface area contributed by atoms with Crippen LogP contribution in [0.15, 0.2) is 30.6 Å². The largest absolute Gasteiger partial charge is 0.364 e. The molecule has 1 aromatic carbocycles. The number of hydrogen-bond donors (Lipinski definition) is 2. The predicted molar refractivity (Wildman–Crippen MR) is 89.8 cm³/mol. The molecule has 22 heavy (non-hydrogen) atoms. The van der Waals surface area contributed by atoms with Gasteiger partial charge in [-0.15, -0.1) is 0 Å². The molecule has 0 aliphatic carbocycles. The van der Waals surface area contributed by atoms with Gasteiger partial charge in [-0.2, -0.15) is 0 Å². The van der Waals surface area contributed by atoms with Crippen molar-refractivity contribution in [3.05, 3.63) is 46.3 Å². The lowest BCUT2D eigenvalue weighted by Crippen LogP contribution is -2.27. The lowest BCUT2D eigenvalue weighted by molar-refractivity contribution is 0.102. The number of carbonyl (C=O) groups excluding carboxylic acids is 1. The smallest absolute Gasteiger partial charge is 0.275 e. The van der Waals surface area contributed by atoms with Gasteiger partial charge in [0.25, 0.3) is 5.91 Å². The number of aromatic nitrogens is 2. The summed E-state index contributed by atoms with van der Waals surface area (Å²) in [5.41, 5.74) is 0.627. The Hall–Kier alpha value is -1.85. The number of anilines is 2. The van der Waals surface area contributed by atoms with E-state index in [1.807, 2.05) is 20.8 Å². The van der Waals surface area contributed by atoms with Crippen molar-refractivity contribution in [1.29, 1.82) is 0 Å². The zero-order valence-electron chi connectivity index (χ0n) is 12.4. The molecule has 1 aromatic heterocycles. The Morgan fingerprint density at radius 2 is 1.82 bits per heavy atom. The minimum Gasteiger partial charge on any atom is -0.364 e. The predicted octanol–water partition coefficient (Wildman–Crippen LogP) is 4.25. The van der Waals surface area contributed by atoms with Gasteiger partial charge in [0.1, 0.15) is 11.5 Å². The summed E-state index contributed by atoms with van der Waals surface area (Å²) >= 11 is 11.7. The van der Waals surface area contributed by atoms with Crippen LogP contribution >= 0.6 is 23.2 Å². The summed E-state index contributed by atoms with van der Waals surface area (Å²) in [7, 11) is 0. The molecule has 7 heteroatoms. The van der Waals surface area contributed by atoms with Crippen LogP contribution in [0.5, 0.6) is 0 Å². The molecule has 1 heterocycles. The van der Waals surface area contributed by atoms with Crippen molar-refractivity contribution in [2.24, 2.45) is 0 Å². The van der Waals surface area contributed by atoms with Crippen molar-refractivity contribution < 1.29 is 4.79 Å². The molecule has 0 spiro atoms. The standard InChI is InChI=1S/C15H16Cl2N4O/c1-15(2,3)21-13-8-18-12(7-19-13)14(22)20-9-4-5-10(16)11(17)6-9/h4-8H,1-3H3,(H,19,21)(H,20,22). The van der Waals surface area contributed by atoms with Crippen LogP contribution in [0.1, 0.15) is 31.3 Å². The molecule has 0 radical (unpaired) electrons. The molecule has 0 aliphatic heterocycles. The van der Waals surface area contributed by atoms with Gasteiger partial charge in [-0.25, -0.2) is 9.97 Å². The molecule has 0 saturated carbocycles. The Kier molecular flexibility index (Phi) is 4.88. The van der Waals surface area contributed by atoms with Crippen molar-refractivity contribution in [2.45, 2.75) is 26.3 Å². The second-order valence-corrected chi connectivity index (χ2v) is 6.56. The monoisotopic (exact) mass is 338 g/mol. The van der Waals surface area contributed by atoms with E-state index in [9.17, 15) is 4.79 Å². The number of halogens is 2. The molecule has 0 unspecified atom stereocenters. The van der Waals surface area contributed by atoms with Crippen LogP contribution in [0.2, 0.25) is 10.0 Å². The first-order chi connectivity index (χ1) is 10.2. The fourth-order valence-corrected chi connectivity index (χ4v) is 1.96. The van der Waals surface area contributed by atoms with E-state index in [4.69, 9.17) is 23.2 Å². The first-order valence-electron chi connectivity index (χ1n) is 6.61. The van der Waals surface area contributed by atoms with Crippen LogP contribution in [0.4, 0.5) is 11.5 Å². The van der Waals surface area contributed by atoms with E-state index in [1.165, 1.54) is 12.4 Å². The van der Waals surface area contributed by atoms with Gasteiger partial charge in [-0.05, 0) is 39.0 Å². The Morgan fingerprint density at radius 3 is 2.36 bits per heavy atom. The average Bonchev–Trinajstić information content (AvgIpc) is 2.42. The lowest BCUT2D eigenvalue weighted by atomic mass is 10.1. The van der Waals surface area contributed by atoms with E-state index in [1.54, 1.807) is 18.2 Å². The van der Waals surface area contributed by atoms with E-state index in [2.05, 4.69) is 20.6 Å². The molecular weight excluding hydrogens is 323 g/mol. The van der Waals surface area contributed by atoms with Crippen molar-refractivity contribution in [3.8, 4) is 0 Å². The molecule has 2 aromatic rings. The minimum absolute atomic E-state index is 0.126. The van der Waals surface area contributed by atoms with Gasteiger partial charge in [-0.1, -0.05) is 23.2 Å². The molecule has 2 rings (SSSR count). The molecule has 0 atom stereocenters. The Balaban J connectivity index is 2.08. The van der Waals surface area contributed by atoms with E-state index in [0.717, 1.165) is 0 Å². The summed E-state index contributed by atoms with van der Waals surface area (Å²) in [4.78, 5) is 20.4. The van der Waals surface area contributed by atoms with Crippen LogP contribution in [0, 0.1) is 0 Å². The maximum Gasteiger partial charge on any atom is 0.275 e. The lowest BCUT2D eigenvalue weighted by Gasteiger charge is -2.20. The second kappa shape index (κ2) is 6.50. The maximum absolute atomic E-state index is 12.1. The molecule has 0 bridgehead atoms. The molecule has 1 amide bonds. The first kappa shape index (κ1) is 16.5. The highest BCUT2D eigenvalue weighted by atomic mass is 35.5. The SMILES string of the molecule is CC(C)(C)Nc1cnc(C(=O)Nc2ccc(Cl)c(Cl)c2)cn1. The fraction of sp³-hybridized carbons (Fsp3) is 0.267. The van der Waals surface area contributed by atoms with E-state index >= 15 is 0 Å². The van der Waals surface area contributed by atoms with Gasteiger partial charge in [0.05, 0.1) is 22.4 Å². The van der Waals surface area contributed by atoms with E-state index in [0.29, 0.717) is 21.6 Å². The topological polar surface area (TPSA) is 66.9 Å². The quantitative estimate of drug-likeness (QED) is 0.877. The Bertz CT molecular complexity index is 681. The summed E-state index contributed by atoms with van der Waals surface area (Å²) in [5.74, 6) is 0.242. The summed E-state index contributed by atoms with van der Waals surface area (Å²) < 4.78 is 0. The van der Waals surface area contributed by atoms with Crippen LogP contribution in [0.25, 0.3) is 0 Å². The van der Waals surface area contributed by atoms with Gasteiger partial charge < -0.3 is 10.6 Å². The molecule has 0 fully saturated rings. The zero-order valence-corrected chi connectivity index (χ0v) is 14.0. The number of carbonyl (C=O) groups is 1. The highest BCUT2D eigenvalue weighted by Gasteiger charge is 2.13. The van der Waals surface area contributed by atoms with Gasteiger partial charge in [0, 0.05) is 11.2 Å².